The molecule has 20 heavy (non-hydrogen) atoms. The van der Waals surface area contributed by atoms with Crippen LogP contribution in [0.25, 0.3) is 6.08 Å². The highest BCUT2D eigenvalue weighted by Gasteiger charge is 2.04. The van der Waals surface area contributed by atoms with E-state index in [1.165, 1.54) is 11.0 Å². The van der Waals surface area contributed by atoms with Crippen molar-refractivity contribution in [2.75, 3.05) is 6.54 Å². The highest BCUT2D eigenvalue weighted by atomic mass is 33.1. The second-order valence-corrected chi connectivity index (χ2v) is 5.85. The molecule has 0 unspecified atom stereocenters. The lowest BCUT2D eigenvalue weighted by molar-refractivity contribution is -0.117. The number of benzene rings is 1. The summed E-state index contributed by atoms with van der Waals surface area (Å²) in [5.41, 5.74) is 0.959. The van der Waals surface area contributed by atoms with Crippen LogP contribution in [0.2, 0.25) is 0 Å². The van der Waals surface area contributed by atoms with E-state index in [4.69, 9.17) is 4.74 Å². The molecule has 0 aliphatic heterocycles. The van der Waals surface area contributed by atoms with Crippen LogP contribution in [0.15, 0.2) is 30.3 Å². The maximum Gasteiger partial charge on any atom is 0.158 e. The van der Waals surface area contributed by atoms with Crippen LogP contribution in [-0.2, 0) is 4.79 Å². The number of carbonyl (C=O) groups excluding carboxylic acids is 1. The van der Waals surface area contributed by atoms with E-state index < -0.39 is 0 Å². The predicted octanol–water partition coefficient (Wildman–Crippen LogP) is 3.77. The van der Waals surface area contributed by atoms with Crippen molar-refractivity contribution in [3.63, 3.8) is 0 Å². The Morgan fingerprint density at radius 3 is 2.85 bits per heavy atom. The minimum absolute atomic E-state index is 0.0236. The molecule has 0 aliphatic carbocycles. The lowest BCUT2D eigenvalue weighted by atomic mass is 10.1. The molecule has 0 aromatic heterocycles. The number of carbonyl (C=O) groups is 1. The van der Waals surface area contributed by atoms with Gasteiger partial charge < -0.3 is 4.74 Å². The molecule has 1 rings (SSSR count). The molecular formula is C15H21NO2S2. The minimum atomic E-state index is 0.0236. The molecule has 5 heteroatoms. The molecule has 1 atom stereocenters. The normalized spacial score (nSPS) is 12.8. The van der Waals surface area contributed by atoms with Crippen molar-refractivity contribution in [3.8, 4) is 5.75 Å². The molecule has 0 saturated carbocycles. The van der Waals surface area contributed by atoms with Gasteiger partial charge in [0.25, 0.3) is 0 Å². The zero-order chi connectivity index (χ0) is 15.0. The monoisotopic (exact) mass is 311 g/mol. The maximum absolute atomic E-state index is 11.6. The smallest absolute Gasteiger partial charge is 0.158 e. The van der Waals surface area contributed by atoms with E-state index >= 15 is 0 Å². The standard InChI is InChI=1S/C15H21NO2S2/c1-11(2)15(17)8-7-13-5-4-6-14(9-13)18-12(3)10-16-20-19/h4-9,11-12,16,19H,10H2,1-3H3/b8-7+/t12-/m0/s1. The number of rotatable bonds is 8. The number of hydrogen-bond donors (Lipinski definition) is 2. The van der Waals surface area contributed by atoms with Gasteiger partial charge in [0.1, 0.15) is 11.9 Å². The van der Waals surface area contributed by atoms with E-state index in [9.17, 15) is 4.79 Å². The van der Waals surface area contributed by atoms with Crippen molar-refractivity contribution in [1.82, 2.24) is 4.72 Å². The Kier molecular flexibility index (Phi) is 7.80. The summed E-state index contributed by atoms with van der Waals surface area (Å²) in [5.74, 6) is 0.942. The molecule has 3 nitrogen and oxygen atoms in total. The van der Waals surface area contributed by atoms with Crippen LogP contribution in [0.5, 0.6) is 5.75 Å². The zero-order valence-corrected chi connectivity index (χ0v) is 13.7. The van der Waals surface area contributed by atoms with Gasteiger partial charge in [0.15, 0.2) is 5.78 Å². The highest BCUT2D eigenvalue weighted by molar-refractivity contribution is 8.67. The number of thiol groups is 1. The van der Waals surface area contributed by atoms with Crippen molar-refractivity contribution in [1.29, 1.82) is 0 Å². The lowest BCUT2D eigenvalue weighted by Gasteiger charge is -2.14. The van der Waals surface area contributed by atoms with Gasteiger partial charge >= 0.3 is 0 Å². The average molecular weight is 311 g/mol. The Morgan fingerprint density at radius 1 is 1.45 bits per heavy atom. The molecule has 0 spiro atoms. The first kappa shape index (κ1) is 17.1. The van der Waals surface area contributed by atoms with E-state index in [2.05, 4.69) is 16.4 Å². The summed E-state index contributed by atoms with van der Waals surface area (Å²) in [6.07, 6.45) is 3.49. The number of nitrogens with one attached hydrogen (secondary N) is 1. The summed E-state index contributed by atoms with van der Waals surface area (Å²) in [6.45, 7) is 6.47. The average Bonchev–Trinajstić information content (AvgIpc) is 2.42. The fourth-order valence-electron chi connectivity index (χ4n) is 1.49. The first-order valence-electron chi connectivity index (χ1n) is 6.55. The molecular weight excluding hydrogens is 290 g/mol. The number of allylic oxidation sites excluding steroid dienone is 1. The van der Waals surface area contributed by atoms with Crippen molar-refractivity contribution >= 4 is 34.5 Å². The minimum Gasteiger partial charge on any atom is -0.489 e. The van der Waals surface area contributed by atoms with Crippen molar-refractivity contribution in [2.24, 2.45) is 5.92 Å². The van der Waals surface area contributed by atoms with Crippen LogP contribution >= 0.6 is 22.6 Å². The zero-order valence-electron chi connectivity index (χ0n) is 12.0. The molecule has 1 aromatic carbocycles. The van der Waals surface area contributed by atoms with E-state index in [0.717, 1.165) is 11.3 Å². The van der Waals surface area contributed by atoms with Gasteiger partial charge in [-0.05, 0) is 41.7 Å². The summed E-state index contributed by atoms with van der Waals surface area (Å²) >= 11 is 4.01. The summed E-state index contributed by atoms with van der Waals surface area (Å²) in [6, 6.07) is 7.70. The van der Waals surface area contributed by atoms with Gasteiger partial charge in [-0.1, -0.05) is 43.7 Å². The Morgan fingerprint density at radius 2 is 2.20 bits per heavy atom. The van der Waals surface area contributed by atoms with Crippen molar-refractivity contribution < 1.29 is 9.53 Å². The van der Waals surface area contributed by atoms with Gasteiger partial charge in [-0.3, -0.25) is 9.52 Å². The second kappa shape index (κ2) is 9.10. The SMILES string of the molecule is CC(C)C(=O)/C=C/c1cccc(O[C@@H](C)CNSS)c1. The summed E-state index contributed by atoms with van der Waals surface area (Å²) in [7, 11) is 1.27. The van der Waals surface area contributed by atoms with Gasteiger partial charge in [0, 0.05) is 12.5 Å². The third kappa shape index (κ3) is 6.50. The van der Waals surface area contributed by atoms with Crippen molar-refractivity contribution in [3.05, 3.63) is 35.9 Å². The fourth-order valence-corrected chi connectivity index (χ4v) is 2.02. The van der Waals surface area contributed by atoms with Gasteiger partial charge in [0.05, 0.1) is 0 Å². The molecule has 0 heterocycles. The van der Waals surface area contributed by atoms with Crippen LogP contribution in [0, 0.1) is 5.92 Å². The molecule has 0 fully saturated rings. The van der Waals surface area contributed by atoms with Crippen LogP contribution in [0.4, 0.5) is 0 Å². The predicted molar refractivity (Wildman–Crippen MR) is 90.0 cm³/mol. The molecule has 110 valence electrons. The van der Waals surface area contributed by atoms with E-state index in [1.807, 2.05) is 51.1 Å². The number of hydrogen-bond acceptors (Lipinski definition) is 5. The highest BCUT2D eigenvalue weighted by Crippen LogP contribution is 2.16. The van der Waals surface area contributed by atoms with Gasteiger partial charge in [0.2, 0.25) is 0 Å². The largest absolute Gasteiger partial charge is 0.489 e. The van der Waals surface area contributed by atoms with Gasteiger partial charge in [-0.2, -0.15) is 0 Å². The van der Waals surface area contributed by atoms with Crippen molar-refractivity contribution in [2.45, 2.75) is 26.9 Å². The van der Waals surface area contributed by atoms with Crippen LogP contribution in [0.3, 0.4) is 0 Å². The Balaban J connectivity index is 2.64. The number of ketones is 1. The first-order chi connectivity index (χ1) is 9.52. The summed E-state index contributed by atoms with van der Waals surface area (Å²) in [5, 5.41) is 0. The van der Waals surface area contributed by atoms with E-state index in [-0.39, 0.29) is 17.8 Å². The molecule has 1 N–H and O–H groups in total. The van der Waals surface area contributed by atoms with Crippen LogP contribution < -0.4 is 9.46 Å². The van der Waals surface area contributed by atoms with Gasteiger partial charge in [-0.15, -0.1) is 0 Å². The Labute approximate surface area is 130 Å². The third-order valence-electron chi connectivity index (χ3n) is 2.64. The summed E-state index contributed by atoms with van der Waals surface area (Å²) < 4.78 is 8.82. The quantitative estimate of drug-likeness (QED) is 0.332. The fraction of sp³-hybridized carbons (Fsp3) is 0.400. The first-order valence-corrected chi connectivity index (χ1v) is 8.41. The lowest BCUT2D eigenvalue weighted by Crippen LogP contribution is -2.24. The molecule has 0 bridgehead atoms. The van der Waals surface area contributed by atoms with E-state index in [1.54, 1.807) is 6.08 Å². The molecule has 1 aromatic rings. The number of ether oxygens (including phenoxy) is 1. The topological polar surface area (TPSA) is 38.3 Å². The Bertz CT molecular complexity index is 461. The molecule has 0 radical (unpaired) electrons. The van der Waals surface area contributed by atoms with Gasteiger partial charge in [-0.25, -0.2) is 0 Å². The molecule has 0 saturated heterocycles. The maximum atomic E-state index is 11.6. The summed E-state index contributed by atoms with van der Waals surface area (Å²) in [4.78, 5) is 11.6. The second-order valence-electron chi connectivity index (χ2n) is 4.83. The van der Waals surface area contributed by atoms with Crippen LogP contribution in [0.1, 0.15) is 26.3 Å². The van der Waals surface area contributed by atoms with Crippen LogP contribution in [-0.4, -0.2) is 18.4 Å². The van der Waals surface area contributed by atoms with E-state index in [0.29, 0.717) is 6.54 Å². The Hall–Kier alpha value is -0.910. The molecule has 0 amide bonds. The third-order valence-corrected chi connectivity index (χ3v) is 3.32. The molecule has 0 aliphatic rings.